The number of alkyl halides is 2. The molecule has 1 aliphatic carbocycles. The van der Waals surface area contributed by atoms with E-state index < -0.39 is 5.97 Å². The lowest BCUT2D eigenvalue weighted by molar-refractivity contribution is -0.138. The smallest absolute Gasteiger partial charge is 0.303 e. The Morgan fingerprint density at radius 1 is 1.70 bits per heavy atom. The van der Waals surface area contributed by atoms with Gasteiger partial charge in [0.1, 0.15) is 0 Å². The Morgan fingerprint density at radius 3 is 2.20 bits per heavy atom. The van der Waals surface area contributed by atoms with Crippen molar-refractivity contribution in [2.75, 3.05) is 0 Å². The second kappa shape index (κ2) is 2.21. The molecule has 0 heterocycles. The van der Waals surface area contributed by atoms with Crippen LogP contribution in [0.5, 0.6) is 0 Å². The third-order valence-corrected chi connectivity index (χ3v) is 4.39. The first-order valence-electron chi connectivity index (χ1n) is 2.97. The summed E-state index contributed by atoms with van der Waals surface area (Å²) in [6.07, 6.45) is 1.11. The van der Waals surface area contributed by atoms with Gasteiger partial charge < -0.3 is 5.11 Å². The van der Waals surface area contributed by atoms with Crippen molar-refractivity contribution in [2.45, 2.75) is 23.0 Å². The highest BCUT2D eigenvalue weighted by Crippen LogP contribution is 2.67. The molecule has 0 bridgehead atoms. The van der Waals surface area contributed by atoms with E-state index in [4.69, 9.17) is 5.11 Å². The minimum Gasteiger partial charge on any atom is -0.481 e. The number of carbonyl (C=O) groups is 1. The highest BCUT2D eigenvalue weighted by atomic mass is 79.9. The van der Waals surface area contributed by atoms with Crippen LogP contribution in [0.3, 0.4) is 0 Å². The maximum atomic E-state index is 10.3. The van der Waals surface area contributed by atoms with Crippen molar-refractivity contribution in [1.82, 2.24) is 0 Å². The standard InChI is InChI=1S/C6H8Br2O2/c1-5(2-4(9)10)3-6(5,7)8/h2-3H2,1H3,(H,9,10). The van der Waals surface area contributed by atoms with Crippen molar-refractivity contribution in [2.24, 2.45) is 5.41 Å². The number of halogens is 2. The fourth-order valence-corrected chi connectivity index (χ4v) is 2.49. The molecule has 1 rings (SSSR count). The van der Waals surface area contributed by atoms with Crippen LogP contribution in [0, 0.1) is 5.41 Å². The Balaban J connectivity index is 2.52. The van der Waals surface area contributed by atoms with Crippen LogP contribution in [0.4, 0.5) is 0 Å². The summed E-state index contributed by atoms with van der Waals surface area (Å²) in [7, 11) is 0. The van der Waals surface area contributed by atoms with E-state index in [0.717, 1.165) is 6.42 Å². The minimum atomic E-state index is -0.733. The van der Waals surface area contributed by atoms with Crippen molar-refractivity contribution < 1.29 is 9.90 Å². The zero-order valence-corrected chi connectivity index (χ0v) is 8.70. The van der Waals surface area contributed by atoms with Crippen molar-refractivity contribution in [3.05, 3.63) is 0 Å². The zero-order valence-electron chi connectivity index (χ0n) is 5.53. The number of hydrogen-bond donors (Lipinski definition) is 1. The Kier molecular flexibility index (Phi) is 1.88. The molecule has 0 aromatic heterocycles. The van der Waals surface area contributed by atoms with Gasteiger partial charge in [0.15, 0.2) is 0 Å². The van der Waals surface area contributed by atoms with Gasteiger partial charge in [-0.2, -0.15) is 0 Å². The maximum absolute atomic E-state index is 10.3. The largest absolute Gasteiger partial charge is 0.481 e. The summed E-state index contributed by atoms with van der Waals surface area (Å²) in [4.78, 5) is 10.3. The minimum absolute atomic E-state index is 0.0984. The van der Waals surface area contributed by atoms with Crippen LogP contribution in [0.2, 0.25) is 0 Å². The topological polar surface area (TPSA) is 37.3 Å². The van der Waals surface area contributed by atoms with Gasteiger partial charge >= 0.3 is 5.97 Å². The molecule has 58 valence electrons. The van der Waals surface area contributed by atoms with Crippen molar-refractivity contribution in [3.8, 4) is 0 Å². The predicted octanol–water partition coefficient (Wildman–Crippen LogP) is 2.36. The van der Waals surface area contributed by atoms with Gasteiger partial charge in [0.05, 0.1) is 9.65 Å². The highest BCUT2D eigenvalue weighted by molar-refractivity contribution is 9.25. The van der Waals surface area contributed by atoms with Crippen LogP contribution < -0.4 is 0 Å². The molecule has 1 aliphatic rings. The van der Waals surface area contributed by atoms with E-state index in [9.17, 15) is 4.79 Å². The van der Waals surface area contributed by atoms with Gasteiger partial charge in [-0.15, -0.1) is 0 Å². The normalized spacial score (nSPS) is 35.5. The fraction of sp³-hybridized carbons (Fsp3) is 0.833. The first-order valence-corrected chi connectivity index (χ1v) is 4.56. The van der Waals surface area contributed by atoms with Crippen LogP contribution in [0.25, 0.3) is 0 Å². The molecule has 1 saturated carbocycles. The predicted molar refractivity (Wildman–Crippen MR) is 45.6 cm³/mol. The third kappa shape index (κ3) is 1.37. The van der Waals surface area contributed by atoms with Gasteiger partial charge in [0.25, 0.3) is 0 Å². The fourth-order valence-electron chi connectivity index (χ4n) is 0.971. The number of hydrogen-bond acceptors (Lipinski definition) is 1. The second-order valence-electron chi connectivity index (χ2n) is 3.01. The summed E-state index contributed by atoms with van der Waals surface area (Å²) >= 11 is 6.78. The first kappa shape index (κ1) is 8.53. The first-order chi connectivity index (χ1) is 4.37. The van der Waals surface area contributed by atoms with Crippen molar-refractivity contribution in [1.29, 1.82) is 0 Å². The molecule has 0 saturated heterocycles. The van der Waals surface area contributed by atoms with Gasteiger partial charge in [-0.25, -0.2) is 0 Å². The van der Waals surface area contributed by atoms with Gasteiger partial charge in [-0.05, 0) is 6.42 Å². The molecule has 4 heteroatoms. The van der Waals surface area contributed by atoms with Gasteiger partial charge in [0, 0.05) is 5.41 Å². The van der Waals surface area contributed by atoms with Crippen LogP contribution >= 0.6 is 31.9 Å². The van der Waals surface area contributed by atoms with Crippen LogP contribution in [0.1, 0.15) is 19.8 Å². The van der Waals surface area contributed by atoms with Crippen LogP contribution in [-0.2, 0) is 4.79 Å². The van der Waals surface area contributed by atoms with Crippen LogP contribution in [0.15, 0.2) is 0 Å². The SMILES string of the molecule is CC1(CC(=O)O)CC1(Br)Br. The summed E-state index contributed by atoms with van der Waals surface area (Å²) in [5, 5.41) is 8.48. The lowest BCUT2D eigenvalue weighted by Gasteiger charge is -2.07. The molecular weight excluding hydrogens is 264 g/mol. The van der Waals surface area contributed by atoms with Crippen molar-refractivity contribution in [3.63, 3.8) is 0 Å². The number of carboxylic acid groups (broad SMARTS) is 1. The van der Waals surface area contributed by atoms with Gasteiger partial charge in [0.2, 0.25) is 0 Å². The van der Waals surface area contributed by atoms with E-state index in [1.807, 2.05) is 6.92 Å². The quantitative estimate of drug-likeness (QED) is 0.783. The monoisotopic (exact) mass is 270 g/mol. The van der Waals surface area contributed by atoms with E-state index in [1.54, 1.807) is 0 Å². The number of rotatable bonds is 2. The number of carboxylic acids is 1. The molecule has 0 amide bonds. The Hall–Kier alpha value is 0.430. The zero-order chi connectivity index (χ0) is 7.99. The lowest BCUT2D eigenvalue weighted by atomic mass is 10.1. The molecule has 0 aromatic carbocycles. The average Bonchev–Trinajstić information content (AvgIpc) is 2.01. The lowest BCUT2D eigenvalue weighted by Crippen LogP contribution is -2.09. The summed E-state index contributed by atoms with van der Waals surface area (Å²) < 4.78 is -0.120. The van der Waals surface area contributed by atoms with E-state index in [2.05, 4.69) is 31.9 Å². The molecule has 1 atom stereocenters. The van der Waals surface area contributed by atoms with E-state index in [1.165, 1.54) is 0 Å². The molecule has 1 fully saturated rings. The molecule has 10 heavy (non-hydrogen) atoms. The Bertz CT molecular complexity index is 179. The summed E-state index contributed by atoms with van der Waals surface area (Å²) in [5.74, 6) is -0.733. The van der Waals surface area contributed by atoms with E-state index in [-0.39, 0.29) is 15.1 Å². The van der Waals surface area contributed by atoms with Gasteiger partial charge in [-0.3, -0.25) is 4.79 Å². The second-order valence-corrected chi connectivity index (χ2v) is 6.78. The molecule has 1 unspecified atom stereocenters. The third-order valence-electron chi connectivity index (χ3n) is 1.91. The summed E-state index contributed by atoms with van der Waals surface area (Å²) in [6.45, 7) is 1.95. The average molecular weight is 272 g/mol. The number of aliphatic carboxylic acids is 1. The molecule has 1 N–H and O–H groups in total. The summed E-state index contributed by atoms with van der Waals surface area (Å²) in [5.41, 5.74) is -0.0984. The van der Waals surface area contributed by atoms with Crippen LogP contribution in [-0.4, -0.2) is 14.3 Å². The molecule has 2 nitrogen and oxygen atoms in total. The van der Waals surface area contributed by atoms with E-state index in [0.29, 0.717) is 0 Å². The Labute approximate surface area is 76.2 Å². The Morgan fingerprint density at radius 2 is 2.10 bits per heavy atom. The highest BCUT2D eigenvalue weighted by Gasteiger charge is 2.62. The molecule has 0 aliphatic heterocycles. The molecular formula is C6H8Br2O2. The maximum Gasteiger partial charge on any atom is 0.303 e. The molecule has 0 radical (unpaired) electrons. The van der Waals surface area contributed by atoms with Crippen molar-refractivity contribution >= 4 is 37.8 Å². The van der Waals surface area contributed by atoms with Gasteiger partial charge in [-0.1, -0.05) is 38.8 Å². The molecule has 0 spiro atoms. The summed E-state index contributed by atoms with van der Waals surface area (Å²) in [6, 6.07) is 0. The molecule has 0 aromatic rings. The van der Waals surface area contributed by atoms with E-state index >= 15 is 0 Å².